The molecule has 1 saturated heterocycles. The Labute approximate surface area is 212 Å². The molecule has 2 heterocycles. The first kappa shape index (κ1) is 24.2. The number of aromatic nitrogens is 2. The molecule has 1 aliphatic rings. The van der Waals surface area contributed by atoms with Crippen LogP contribution in [0.2, 0.25) is 0 Å². The van der Waals surface area contributed by atoms with Crippen molar-refractivity contribution in [1.82, 2.24) is 19.6 Å². The minimum atomic E-state index is -3.49. The minimum Gasteiger partial charge on any atom is -0.369 e. The van der Waals surface area contributed by atoms with Gasteiger partial charge in [0.25, 0.3) is 0 Å². The first-order valence-electron chi connectivity index (χ1n) is 12.1. The highest BCUT2D eigenvalue weighted by Gasteiger charge is 2.16. The molecule has 8 nitrogen and oxygen atoms in total. The zero-order chi connectivity index (χ0) is 25.1. The summed E-state index contributed by atoms with van der Waals surface area (Å²) in [6, 6.07) is 21.1. The first-order valence-corrected chi connectivity index (χ1v) is 13.6. The summed E-state index contributed by atoms with van der Waals surface area (Å²) in [5, 5.41) is 4.27. The van der Waals surface area contributed by atoms with Crippen molar-refractivity contribution in [3.8, 4) is 11.1 Å². The van der Waals surface area contributed by atoms with Gasteiger partial charge >= 0.3 is 0 Å². The molecule has 1 aliphatic heterocycles. The molecule has 0 amide bonds. The number of nitrogens with one attached hydrogen (secondary N) is 2. The number of hydrogen-bond donors (Lipinski definition) is 2. The quantitative estimate of drug-likeness (QED) is 0.393. The van der Waals surface area contributed by atoms with Gasteiger partial charge in [-0.05, 0) is 49.5 Å². The van der Waals surface area contributed by atoms with Gasteiger partial charge in [0.2, 0.25) is 16.0 Å². The van der Waals surface area contributed by atoms with E-state index in [-0.39, 0.29) is 4.90 Å². The summed E-state index contributed by atoms with van der Waals surface area (Å²) in [5.41, 5.74) is 4.71. The Hall–Kier alpha value is -3.53. The number of sulfonamides is 1. The highest BCUT2D eigenvalue weighted by molar-refractivity contribution is 7.89. The molecule has 5 rings (SSSR count). The van der Waals surface area contributed by atoms with Gasteiger partial charge in [-0.25, -0.2) is 23.1 Å². The molecule has 0 atom stereocenters. The average Bonchev–Trinajstić information content (AvgIpc) is 2.93. The van der Waals surface area contributed by atoms with Gasteiger partial charge < -0.3 is 15.1 Å². The Kier molecular flexibility index (Phi) is 6.86. The highest BCUT2D eigenvalue weighted by atomic mass is 32.2. The van der Waals surface area contributed by atoms with Crippen LogP contribution in [0.5, 0.6) is 0 Å². The predicted molar refractivity (Wildman–Crippen MR) is 145 cm³/mol. The van der Waals surface area contributed by atoms with Crippen LogP contribution >= 0.6 is 0 Å². The van der Waals surface area contributed by atoms with E-state index < -0.39 is 10.0 Å². The maximum Gasteiger partial charge on any atom is 0.240 e. The lowest BCUT2D eigenvalue weighted by atomic mass is 10.0. The smallest absolute Gasteiger partial charge is 0.240 e. The number of fused-ring (bicyclic) bond motifs is 1. The Bertz CT molecular complexity index is 1470. The van der Waals surface area contributed by atoms with Gasteiger partial charge in [0.15, 0.2) is 0 Å². The van der Waals surface area contributed by atoms with Crippen molar-refractivity contribution in [2.45, 2.75) is 11.8 Å². The van der Waals surface area contributed by atoms with Gasteiger partial charge in [0.05, 0.1) is 10.4 Å². The molecular formula is C27H30N6O2S. The average molecular weight is 503 g/mol. The van der Waals surface area contributed by atoms with E-state index in [0.29, 0.717) is 5.95 Å². The second kappa shape index (κ2) is 10.2. The van der Waals surface area contributed by atoms with E-state index in [9.17, 15) is 8.42 Å². The van der Waals surface area contributed by atoms with Crippen molar-refractivity contribution in [1.29, 1.82) is 0 Å². The van der Waals surface area contributed by atoms with Gasteiger partial charge in [-0.2, -0.15) is 0 Å². The molecule has 4 aromatic rings. The van der Waals surface area contributed by atoms with Gasteiger partial charge in [0, 0.05) is 54.7 Å². The van der Waals surface area contributed by atoms with E-state index in [1.54, 1.807) is 24.3 Å². The SMILES string of the molecule is CCN1CCN(c2cccc(Nc3ncc4cccc(-c5ccc(S(=O)(=O)NC)cc5)c4n3)c2)CC1. The van der Waals surface area contributed by atoms with Crippen LogP contribution in [0.25, 0.3) is 22.0 Å². The monoisotopic (exact) mass is 502 g/mol. The number of piperazine rings is 1. The number of benzene rings is 3. The lowest BCUT2D eigenvalue weighted by Crippen LogP contribution is -2.46. The van der Waals surface area contributed by atoms with Crippen LogP contribution in [0.1, 0.15) is 6.92 Å². The van der Waals surface area contributed by atoms with Gasteiger partial charge in [-0.15, -0.1) is 0 Å². The van der Waals surface area contributed by atoms with E-state index in [1.165, 1.54) is 12.7 Å². The second-order valence-corrected chi connectivity index (χ2v) is 10.7. The van der Waals surface area contributed by atoms with Crippen molar-refractivity contribution >= 4 is 38.2 Å². The summed E-state index contributed by atoms with van der Waals surface area (Å²) < 4.78 is 26.5. The number of rotatable bonds is 7. The molecule has 3 aromatic carbocycles. The summed E-state index contributed by atoms with van der Waals surface area (Å²) in [6.07, 6.45) is 1.81. The molecule has 0 aliphatic carbocycles. The molecule has 1 fully saturated rings. The third kappa shape index (κ3) is 5.04. The molecule has 2 N–H and O–H groups in total. The normalized spacial score (nSPS) is 14.8. The number of anilines is 3. The van der Waals surface area contributed by atoms with Gasteiger partial charge in [-0.1, -0.05) is 43.3 Å². The van der Waals surface area contributed by atoms with Crippen molar-refractivity contribution in [2.24, 2.45) is 0 Å². The summed E-state index contributed by atoms with van der Waals surface area (Å²) in [7, 11) is -2.08. The Morgan fingerprint density at radius 1 is 0.944 bits per heavy atom. The Morgan fingerprint density at radius 3 is 2.42 bits per heavy atom. The first-order chi connectivity index (χ1) is 17.5. The molecule has 186 valence electrons. The summed E-state index contributed by atoms with van der Waals surface area (Å²) in [4.78, 5) is 14.5. The standard InChI is InChI=1S/C27H30N6O2S/c1-3-32-14-16-33(17-15-32)23-8-5-7-22(18-23)30-27-29-19-21-6-4-9-25(26(21)31-27)20-10-12-24(13-11-20)36(34,35)28-2/h4-13,18-19,28H,3,14-17H2,1-2H3,(H,29,30,31). The van der Waals surface area contributed by atoms with Crippen molar-refractivity contribution in [3.63, 3.8) is 0 Å². The fourth-order valence-corrected chi connectivity index (χ4v) is 5.24. The van der Waals surface area contributed by atoms with Crippen LogP contribution in [-0.4, -0.2) is 63.1 Å². The second-order valence-electron chi connectivity index (χ2n) is 8.77. The van der Waals surface area contributed by atoms with E-state index in [2.05, 4.69) is 49.9 Å². The van der Waals surface area contributed by atoms with E-state index in [0.717, 1.165) is 60.4 Å². The molecule has 0 unspecified atom stereocenters. The van der Waals surface area contributed by atoms with Crippen LogP contribution in [0, 0.1) is 0 Å². The van der Waals surface area contributed by atoms with E-state index in [4.69, 9.17) is 4.98 Å². The van der Waals surface area contributed by atoms with Crippen molar-refractivity contribution < 1.29 is 8.42 Å². The minimum absolute atomic E-state index is 0.224. The van der Waals surface area contributed by atoms with Crippen LogP contribution in [0.3, 0.4) is 0 Å². The number of nitrogens with zero attached hydrogens (tertiary/aromatic N) is 4. The number of hydrogen-bond acceptors (Lipinski definition) is 7. The predicted octanol–water partition coefficient (Wildman–Crippen LogP) is 4.09. The summed E-state index contributed by atoms with van der Waals surface area (Å²) in [6.45, 7) is 7.48. The maximum absolute atomic E-state index is 12.1. The highest BCUT2D eigenvalue weighted by Crippen LogP contribution is 2.29. The third-order valence-corrected chi connectivity index (χ3v) is 8.07. The van der Waals surface area contributed by atoms with Crippen LogP contribution < -0.4 is 14.9 Å². The number of para-hydroxylation sites is 1. The molecule has 36 heavy (non-hydrogen) atoms. The fraction of sp³-hybridized carbons (Fsp3) is 0.259. The van der Waals surface area contributed by atoms with Crippen LogP contribution in [0.15, 0.2) is 77.8 Å². The van der Waals surface area contributed by atoms with Crippen LogP contribution in [0.4, 0.5) is 17.3 Å². The molecular weight excluding hydrogens is 472 g/mol. The topological polar surface area (TPSA) is 90.5 Å². The van der Waals surface area contributed by atoms with Crippen molar-refractivity contribution in [2.75, 3.05) is 50.0 Å². The molecule has 0 bridgehead atoms. The lowest BCUT2D eigenvalue weighted by Gasteiger charge is -2.35. The molecule has 9 heteroatoms. The summed E-state index contributed by atoms with van der Waals surface area (Å²) >= 11 is 0. The zero-order valence-corrected chi connectivity index (χ0v) is 21.3. The van der Waals surface area contributed by atoms with Gasteiger partial charge in [-0.3, -0.25) is 0 Å². The molecule has 0 saturated carbocycles. The Balaban J connectivity index is 1.41. The van der Waals surface area contributed by atoms with Crippen LogP contribution in [-0.2, 0) is 10.0 Å². The van der Waals surface area contributed by atoms with Crippen molar-refractivity contribution in [3.05, 3.63) is 72.9 Å². The molecule has 1 aromatic heterocycles. The third-order valence-electron chi connectivity index (χ3n) is 6.64. The van der Waals surface area contributed by atoms with Gasteiger partial charge in [0.1, 0.15) is 0 Å². The molecule has 0 radical (unpaired) electrons. The lowest BCUT2D eigenvalue weighted by molar-refractivity contribution is 0.271. The largest absolute Gasteiger partial charge is 0.369 e. The Morgan fingerprint density at radius 2 is 1.69 bits per heavy atom. The summed E-state index contributed by atoms with van der Waals surface area (Å²) in [5.74, 6) is 0.511. The number of likely N-dealkylation sites (N-methyl/N-ethyl adjacent to an activating group) is 1. The van der Waals surface area contributed by atoms with E-state index >= 15 is 0 Å². The fourth-order valence-electron chi connectivity index (χ4n) is 4.51. The molecule has 0 spiro atoms. The maximum atomic E-state index is 12.1. The zero-order valence-electron chi connectivity index (χ0n) is 20.5. The van der Waals surface area contributed by atoms with E-state index in [1.807, 2.05) is 30.5 Å².